The van der Waals surface area contributed by atoms with Gasteiger partial charge in [0.05, 0.1) is 23.6 Å². The van der Waals surface area contributed by atoms with Gasteiger partial charge in [-0.1, -0.05) is 15.9 Å². The van der Waals surface area contributed by atoms with Crippen LogP contribution in [-0.4, -0.2) is 22.3 Å². The molecule has 2 N–H and O–H groups in total. The molecule has 2 aromatic heterocycles. The van der Waals surface area contributed by atoms with Crippen LogP contribution in [0.5, 0.6) is 5.75 Å². The Bertz CT molecular complexity index is 771. The van der Waals surface area contributed by atoms with Crippen molar-refractivity contribution in [2.75, 3.05) is 7.11 Å². The Morgan fingerprint density at radius 3 is 2.94 bits per heavy atom. The van der Waals surface area contributed by atoms with Crippen molar-refractivity contribution in [2.24, 2.45) is 0 Å². The van der Waals surface area contributed by atoms with E-state index in [1.807, 2.05) is 12.1 Å². The Balaban J connectivity index is 2.34. The van der Waals surface area contributed by atoms with Crippen molar-refractivity contribution in [1.29, 1.82) is 0 Å². The summed E-state index contributed by atoms with van der Waals surface area (Å²) in [4.78, 5) is 14.1. The number of nitrogens with one attached hydrogen (secondary N) is 2. The molecular weight excluding hydrogens is 302 g/mol. The standard InChI is InChI=1S/C11H8BrN3O3/c1-17-8-3-5(12)2-7-9(8)6(4-13-7)10-14-15-11(16)18-10/h2-4,13H,1H3,(H,15,16). The van der Waals surface area contributed by atoms with Crippen LogP contribution in [0, 0.1) is 0 Å². The summed E-state index contributed by atoms with van der Waals surface area (Å²) >= 11 is 3.40. The van der Waals surface area contributed by atoms with Crippen molar-refractivity contribution < 1.29 is 9.15 Å². The number of nitrogens with zero attached hydrogens (tertiary/aromatic N) is 1. The number of halogens is 1. The van der Waals surface area contributed by atoms with E-state index in [2.05, 4.69) is 31.1 Å². The molecule has 0 fully saturated rings. The third-order valence-corrected chi connectivity index (χ3v) is 3.05. The van der Waals surface area contributed by atoms with E-state index in [0.29, 0.717) is 11.3 Å². The van der Waals surface area contributed by atoms with Gasteiger partial charge in [-0.25, -0.2) is 9.89 Å². The quantitative estimate of drug-likeness (QED) is 0.760. The van der Waals surface area contributed by atoms with Gasteiger partial charge >= 0.3 is 5.76 Å². The van der Waals surface area contributed by atoms with E-state index in [1.54, 1.807) is 13.3 Å². The minimum absolute atomic E-state index is 0.229. The Morgan fingerprint density at radius 2 is 2.28 bits per heavy atom. The first-order chi connectivity index (χ1) is 8.69. The van der Waals surface area contributed by atoms with Crippen molar-refractivity contribution >= 4 is 26.8 Å². The summed E-state index contributed by atoms with van der Waals surface area (Å²) in [6.07, 6.45) is 1.72. The van der Waals surface area contributed by atoms with Crippen LogP contribution in [0.2, 0.25) is 0 Å². The van der Waals surface area contributed by atoms with Gasteiger partial charge < -0.3 is 14.1 Å². The molecule has 0 spiro atoms. The number of aromatic nitrogens is 3. The fourth-order valence-corrected chi connectivity index (χ4v) is 2.31. The van der Waals surface area contributed by atoms with Crippen molar-refractivity contribution in [3.05, 3.63) is 33.4 Å². The maximum atomic E-state index is 11.0. The summed E-state index contributed by atoms with van der Waals surface area (Å²) in [5.74, 6) is 0.309. The molecule has 0 saturated carbocycles. The first kappa shape index (κ1) is 11.1. The van der Waals surface area contributed by atoms with Gasteiger partial charge in [0, 0.05) is 10.7 Å². The Labute approximate surface area is 109 Å². The van der Waals surface area contributed by atoms with Crippen molar-refractivity contribution in [1.82, 2.24) is 15.2 Å². The zero-order chi connectivity index (χ0) is 12.7. The fourth-order valence-electron chi connectivity index (χ4n) is 1.87. The number of methoxy groups -OCH3 is 1. The predicted molar refractivity (Wildman–Crippen MR) is 68.7 cm³/mol. The number of ether oxygens (including phenoxy) is 1. The Hall–Kier alpha value is -2.02. The van der Waals surface area contributed by atoms with Gasteiger partial charge in [0.25, 0.3) is 5.89 Å². The van der Waals surface area contributed by atoms with E-state index in [0.717, 1.165) is 15.4 Å². The average Bonchev–Trinajstić information content (AvgIpc) is 2.93. The minimum Gasteiger partial charge on any atom is -0.496 e. The maximum Gasteiger partial charge on any atom is 0.434 e. The summed E-state index contributed by atoms with van der Waals surface area (Å²) in [5.41, 5.74) is 1.54. The molecule has 0 amide bonds. The lowest BCUT2D eigenvalue weighted by atomic mass is 10.1. The molecular formula is C11H8BrN3O3. The highest BCUT2D eigenvalue weighted by molar-refractivity contribution is 9.10. The average molecular weight is 310 g/mol. The molecule has 0 atom stereocenters. The molecule has 1 aromatic carbocycles. The van der Waals surface area contributed by atoms with E-state index in [4.69, 9.17) is 9.15 Å². The Morgan fingerprint density at radius 1 is 1.44 bits per heavy atom. The predicted octanol–water partition coefficient (Wildman–Crippen LogP) is 2.28. The van der Waals surface area contributed by atoms with Crippen molar-refractivity contribution in [2.45, 2.75) is 0 Å². The van der Waals surface area contributed by atoms with E-state index in [9.17, 15) is 4.79 Å². The molecule has 0 saturated heterocycles. The molecule has 0 radical (unpaired) electrons. The summed E-state index contributed by atoms with van der Waals surface area (Å²) < 4.78 is 11.2. The zero-order valence-electron chi connectivity index (χ0n) is 9.28. The second-order valence-corrected chi connectivity index (χ2v) is 4.57. The lowest BCUT2D eigenvalue weighted by Crippen LogP contribution is -1.93. The highest BCUT2D eigenvalue weighted by Gasteiger charge is 2.16. The number of hydrogen-bond donors (Lipinski definition) is 2. The molecule has 2 heterocycles. The van der Waals surface area contributed by atoms with Crippen LogP contribution in [0.1, 0.15) is 0 Å². The van der Waals surface area contributed by atoms with E-state index in [1.165, 1.54) is 0 Å². The number of rotatable bonds is 2. The highest BCUT2D eigenvalue weighted by atomic mass is 79.9. The van der Waals surface area contributed by atoms with Crippen LogP contribution in [0.25, 0.3) is 22.4 Å². The lowest BCUT2D eigenvalue weighted by molar-refractivity contribution is 0.419. The summed E-state index contributed by atoms with van der Waals surface area (Å²) in [5, 5.41) is 6.86. The number of H-pyrrole nitrogens is 2. The largest absolute Gasteiger partial charge is 0.496 e. The topological polar surface area (TPSA) is 83.9 Å². The van der Waals surface area contributed by atoms with Gasteiger partial charge in [-0.15, -0.1) is 5.10 Å². The minimum atomic E-state index is -0.588. The van der Waals surface area contributed by atoms with Crippen molar-refractivity contribution in [3.63, 3.8) is 0 Å². The molecule has 0 unspecified atom stereocenters. The van der Waals surface area contributed by atoms with Gasteiger partial charge in [0.1, 0.15) is 5.75 Å². The molecule has 3 rings (SSSR count). The molecule has 18 heavy (non-hydrogen) atoms. The van der Waals surface area contributed by atoms with Crippen LogP contribution in [0.3, 0.4) is 0 Å². The van der Waals surface area contributed by atoms with Gasteiger partial charge in [-0.2, -0.15) is 0 Å². The Kier molecular flexibility index (Phi) is 2.48. The normalized spacial score (nSPS) is 11.0. The molecule has 0 bridgehead atoms. The van der Waals surface area contributed by atoms with E-state index in [-0.39, 0.29) is 5.89 Å². The molecule has 7 heteroatoms. The molecule has 92 valence electrons. The zero-order valence-corrected chi connectivity index (χ0v) is 10.9. The molecule has 6 nitrogen and oxygen atoms in total. The first-order valence-corrected chi connectivity index (χ1v) is 5.89. The monoisotopic (exact) mass is 309 g/mol. The lowest BCUT2D eigenvalue weighted by Gasteiger charge is -2.03. The second kappa shape index (κ2) is 4.02. The number of aromatic amines is 2. The molecule has 0 aliphatic carbocycles. The number of benzene rings is 1. The SMILES string of the molecule is COc1cc(Br)cc2[nH]cc(-c3n[nH]c(=O)o3)c12. The summed E-state index contributed by atoms with van der Waals surface area (Å²) in [7, 11) is 1.58. The van der Waals surface area contributed by atoms with Crippen LogP contribution in [0.15, 0.2) is 32.0 Å². The van der Waals surface area contributed by atoms with Crippen LogP contribution >= 0.6 is 15.9 Å². The fraction of sp³-hybridized carbons (Fsp3) is 0.0909. The smallest absolute Gasteiger partial charge is 0.434 e. The third kappa shape index (κ3) is 1.63. The number of hydrogen-bond acceptors (Lipinski definition) is 4. The van der Waals surface area contributed by atoms with Gasteiger partial charge in [-0.3, -0.25) is 0 Å². The van der Waals surface area contributed by atoms with Crippen LogP contribution in [-0.2, 0) is 0 Å². The van der Waals surface area contributed by atoms with Gasteiger partial charge in [0.2, 0.25) is 0 Å². The highest BCUT2D eigenvalue weighted by Crippen LogP contribution is 2.36. The summed E-state index contributed by atoms with van der Waals surface area (Å²) in [6, 6.07) is 3.75. The van der Waals surface area contributed by atoms with Crippen LogP contribution in [0.4, 0.5) is 0 Å². The molecule has 0 aliphatic heterocycles. The number of fused-ring (bicyclic) bond motifs is 1. The van der Waals surface area contributed by atoms with E-state index >= 15 is 0 Å². The summed E-state index contributed by atoms with van der Waals surface area (Å²) in [6.45, 7) is 0. The second-order valence-electron chi connectivity index (χ2n) is 3.65. The van der Waals surface area contributed by atoms with Crippen LogP contribution < -0.4 is 10.5 Å². The van der Waals surface area contributed by atoms with Crippen molar-refractivity contribution in [3.8, 4) is 17.2 Å². The molecule has 3 aromatic rings. The molecule has 0 aliphatic rings. The van der Waals surface area contributed by atoms with Gasteiger partial charge in [0.15, 0.2) is 0 Å². The van der Waals surface area contributed by atoms with Gasteiger partial charge in [-0.05, 0) is 12.1 Å². The maximum absolute atomic E-state index is 11.0. The van der Waals surface area contributed by atoms with E-state index < -0.39 is 5.76 Å². The third-order valence-electron chi connectivity index (χ3n) is 2.60. The first-order valence-electron chi connectivity index (χ1n) is 5.09.